The number of rotatable bonds is 3. The first kappa shape index (κ1) is 11.5. The molecule has 0 radical (unpaired) electrons. The molecule has 1 aromatic carbocycles. The van der Waals surface area contributed by atoms with Crippen molar-refractivity contribution in [3.8, 4) is 11.6 Å². The molecule has 0 aliphatic heterocycles. The van der Waals surface area contributed by atoms with Crippen LogP contribution in [0.25, 0.3) is 0 Å². The van der Waals surface area contributed by atoms with E-state index in [0.717, 1.165) is 5.56 Å². The van der Waals surface area contributed by atoms with Crippen LogP contribution in [0, 0.1) is 12.7 Å². The molecule has 2 aromatic rings. The van der Waals surface area contributed by atoms with Crippen molar-refractivity contribution in [2.24, 2.45) is 0 Å². The number of pyridine rings is 1. The second-order valence-corrected chi connectivity index (χ2v) is 3.58. The summed E-state index contributed by atoms with van der Waals surface area (Å²) in [5, 5.41) is 9.00. The fraction of sp³-hybridized carbons (Fsp3) is 0.154. The molecular weight excluding hydrogens is 221 g/mol. The first-order valence-electron chi connectivity index (χ1n) is 5.20. The molecule has 2 rings (SSSR count). The number of hydrogen-bond donors (Lipinski definition) is 1. The number of aliphatic hydroxyl groups is 1. The van der Waals surface area contributed by atoms with E-state index >= 15 is 0 Å². The number of nitrogens with zero attached hydrogens (tertiary/aromatic N) is 1. The van der Waals surface area contributed by atoms with E-state index < -0.39 is 5.82 Å². The molecule has 0 aliphatic rings. The Morgan fingerprint density at radius 3 is 2.65 bits per heavy atom. The molecule has 88 valence electrons. The first-order valence-corrected chi connectivity index (χ1v) is 5.20. The zero-order chi connectivity index (χ0) is 12.3. The standard InChI is InChI=1S/C13H12FNO2/c1-9-10(8-16)6-7-13(15-9)17-12-5-3-2-4-11(12)14/h2-7,16H,8H2,1H3. The SMILES string of the molecule is Cc1nc(Oc2ccccc2F)ccc1CO. The van der Waals surface area contributed by atoms with Crippen LogP contribution in [0.4, 0.5) is 4.39 Å². The molecule has 0 aliphatic carbocycles. The normalized spacial score (nSPS) is 10.3. The molecule has 1 aromatic heterocycles. The van der Waals surface area contributed by atoms with Crippen molar-refractivity contribution < 1.29 is 14.2 Å². The highest BCUT2D eigenvalue weighted by Gasteiger charge is 2.06. The third kappa shape index (κ3) is 2.60. The Morgan fingerprint density at radius 1 is 1.24 bits per heavy atom. The van der Waals surface area contributed by atoms with Crippen LogP contribution in [0.5, 0.6) is 11.6 Å². The fourth-order valence-corrected chi connectivity index (χ4v) is 1.43. The van der Waals surface area contributed by atoms with Crippen molar-refractivity contribution in [3.05, 3.63) is 53.5 Å². The van der Waals surface area contributed by atoms with E-state index in [1.807, 2.05) is 0 Å². The average molecular weight is 233 g/mol. The summed E-state index contributed by atoms with van der Waals surface area (Å²) in [7, 11) is 0. The van der Waals surface area contributed by atoms with Gasteiger partial charge in [0, 0.05) is 11.8 Å². The Balaban J connectivity index is 2.25. The molecular formula is C13H12FNO2. The zero-order valence-electron chi connectivity index (χ0n) is 9.35. The molecule has 0 saturated carbocycles. The van der Waals surface area contributed by atoms with Crippen molar-refractivity contribution in [3.63, 3.8) is 0 Å². The van der Waals surface area contributed by atoms with Crippen molar-refractivity contribution in [2.75, 3.05) is 0 Å². The number of aryl methyl sites for hydroxylation is 1. The molecule has 0 unspecified atom stereocenters. The van der Waals surface area contributed by atoms with Gasteiger partial charge >= 0.3 is 0 Å². The van der Waals surface area contributed by atoms with E-state index in [1.54, 1.807) is 31.2 Å². The van der Waals surface area contributed by atoms with Gasteiger partial charge in [0.05, 0.1) is 6.61 Å². The quantitative estimate of drug-likeness (QED) is 0.886. The van der Waals surface area contributed by atoms with Crippen LogP contribution >= 0.6 is 0 Å². The number of halogens is 1. The molecule has 17 heavy (non-hydrogen) atoms. The minimum absolute atomic E-state index is 0.0706. The van der Waals surface area contributed by atoms with Crippen molar-refractivity contribution in [1.82, 2.24) is 4.98 Å². The van der Waals surface area contributed by atoms with Gasteiger partial charge in [-0.2, -0.15) is 0 Å². The average Bonchev–Trinajstić information content (AvgIpc) is 2.32. The molecule has 0 bridgehead atoms. The Bertz CT molecular complexity index is 529. The maximum atomic E-state index is 13.3. The number of para-hydroxylation sites is 1. The van der Waals surface area contributed by atoms with Gasteiger partial charge in [-0.1, -0.05) is 12.1 Å². The molecule has 3 nitrogen and oxygen atoms in total. The Hall–Kier alpha value is -1.94. The molecule has 0 atom stereocenters. The minimum Gasteiger partial charge on any atom is -0.436 e. The topological polar surface area (TPSA) is 42.4 Å². The van der Waals surface area contributed by atoms with Crippen molar-refractivity contribution in [1.29, 1.82) is 0 Å². The van der Waals surface area contributed by atoms with E-state index in [1.165, 1.54) is 12.1 Å². The number of benzene rings is 1. The zero-order valence-corrected chi connectivity index (χ0v) is 9.35. The number of hydrogen-bond acceptors (Lipinski definition) is 3. The lowest BCUT2D eigenvalue weighted by atomic mass is 10.2. The van der Waals surface area contributed by atoms with Gasteiger partial charge in [-0.05, 0) is 30.7 Å². The monoisotopic (exact) mass is 233 g/mol. The lowest BCUT2D eigenvalue weighted by molar-refractivity contribution is 0.280. The van der Waals surface area contributed by atoms with E-state index in [0.29, 0.717) is 11.6 Å². The van der Waals surface area contributed by atoms with Gasteiger partial charge < -0.3 is 9.84 Å². The Morgan fingerprint density at radius 2 is 2.00 bits per heavy atom. The van der Waals surface area contributed by atoms with E-state index in [9.17, 15) is 4.39 Å². The van der Waals surface area contributed by atoms with E-state index in [4.69, 9.17) is 9.84 Å². The summed E-state index contributed by atoms with van der Waals surface area (Å²) in [4.78, 5) is 4.13. The summed E-state index contributed by atoms with van der Waals surface area (Å²) in [5.41, 5.74) is 1.40. The summed E-state index contributed by atoms with van der Waals surface area (Å²) in [6.45, 7) is 1.69. The number of aliphatic hydroxyl groups excluding tert-OH is 1. The van der Waals surface area contributed by atoms with Gasteiger partial charge in [-0.25, -0.2) is 9.37 Å². The largest absolute Gasteiger partial charge is 0.436 e. The van der Waals surface area contributed by atoms with Gasteiger partial charge in [0.2, 0.25) is 5.88 Å². The summed E-state index contributed by atoms with van der Waals surface area (Å²) in [5.74, 6) is 0.0131. The van der Waals surface area contributed by atoms with Crippen molar-refractivity contribution >= 4 is 0 Å². The van der Waals surface area contributed by atoms with Gasteiger partial charge in [0.1, 0.15) is 0 Å². The number of ether oxygens (including phenoxy) is 1. The summed E-state index contributed by atoms with van der Waals surface area (Å²) >= 11 is 0. The van der Waals surface area contributed by atoms with Gasteiger partial charge in [-0.15, -0.1) is 0 Å². The second kappa shape index (κ2) is 4.93. The minimum atomic E-state index is -0.432. The van der Waals surface area contributed by atoms with Crippen LogP contribution in [0.2, 0.25) is 0 Å². The summed E-state index contributed by atoms with van der Waals surface area (Å²) in [6, 6.07) is 9.45. The van der Waals surface area contributed by atoms with Crippen LogP contribution in [0.3, 0.4) is 0 Å². The van der Waals surface area contributed by atoms with Gasteiger partial charge in [0.15, 0.2) is 11.6 Å². The first-order chi connectivity index (χ1) is 8.20. The summed E-state index contributed by atoms with van der Waals surface area (Å²) < 4.78 is 18.7. The molecule has 4 heteroatoms. The Labute approximate surface area is 98.5 Å². The highest BCUT2D eigenvalue weighted by molar-refractivity contribution is 5.30. The van der Waals surface area contributed by atoms with Crippen LogP contribution in [0.1, 0.15) is 11.3 Å². The van der Waals surface area contributed by atoms with Crippen LogP contribution in [0.15, 0.2) is 36.4 Å². The third-order valence-electron chi connectivity index (χ3n) is 2.39. The number of aromatic nitrogens is 1. The predicted octanol–water partition coefficient (Wildman–Crippen LogP) is 2.81. The fourth-order valence-electron chi connectivity index (χ4n) is 1.43. The molecule has 1 heterocycles. The molecule has 0 fully saturated rings. The smallest absolute Gasteiger partial charge is 0.219 e. The van der Waals surface area contributed by atoms with E-state index in [2.05, 4.69) is 4.98 Å². The molecule has 0 spiro atoms. The Kier molecular flexibility index (Phi) is 3.35. The maximum Gasteiger partial charge on any atom is 0.219 e. The lowest BCUT2D eigenvalue weighted by Gasteiger charge is -2.07. The van der Waals surface area contributed by atoms with Gasteiger partial charge in [0.25, 0.3) is 0 Å². The highest BCUT2D eigenvalue weighted by Crippen LogP contribution is 2.23. The maximum absolute atomic E-state index is 13.3. The third-order valence-corrected chi connectivity index (χ3v) is 2.39. The van der Waals surface area contributed by atoms with Crippen LogP contribution < -0.4 is 4.74 Å². The molecule has 1 N–H and O–H groups in total. The predicted molar refractivity (Wildman–Crippen MR) is 61.4 cm³/mol. The van der Waals surface area contributed by atoms with Crippen LogP contribution in [-0.2, 0) is 6.61 Å². The lowest BCUT2D eigenvalue weighted by Crippen LogP contribution is -1.96. The molecule has 0 amide bonds. The summed E-state index contributed by atoms with van der Waals surface area (Å²) in [6.07, 6.45) is 0. The van der Waals surface area contributed by atoms with Crippen LogP contribution in [-0.4, -0.2) is 10.1 Å². The van der Waals surface area contributed by atoms with Gasteiger partial charge in [-0.3, -0.25) is 0 Å². The second-order valence-electron chi connectivity index (χ2n) is 3.58. The molecule has 0 saturated heterocycles. The highest BCUT2D eigenvalue weighted by atomic mass is 19.1. The van der Waals surface area contributed by atoms with E-state index in [-0.39, 0.29) is 12.4 Å². The van der Waals surface area contributed by atoms with Crippen molar-refractivity contribution in [2.45, 2.75) is 13.5 Å².